The van der Waals surface area contributed by atoms with E-state index < -0.39 is 47.1 Å². The van der Waals surface area contributed by atoms with Crippen LogP contribution in [0.25, 0.3) is 0 Å². The molecule has 1 saturated heterocycles. The van der Waals surface area contributed by atoms with Crippen molar-refractivity contribution in [3.8, 4) is 0 Å². The third-order valence-corrected chi connectivity index (χ3v) is 2.49. The normalized spacial score (nSPS) is 27.7. The van der Waals surface area contributed by atoms with Gasteiger partial charge in [-0.15, -0.1) is 4.90 Å². The summed E-state index contributed by atoms with van der Waals surface area (Å²) >= 11 is 0. The molecule has 0 bridgehead atoms. The van der Waals surface area contributed by atoms with Crippen molar-refractivity contribution >= 4 is 57.4 Å². The summed E-state index contributed by atoms with van der Waals surface area (Å²) in [5.74, 6) is -11.2. The Kier molecular flexibility index (Phi) is 6.17. The number of hydrogen-bond acceptors (Lipinski definition) is 3. The van der Waals surface area contributed by atoms with Gasteiger partial charge in [-0.05, 0) is 0 Å². The molecule has 0 aromatic carbocycles. The second-order valence-corrected chi connectivity index (χ2v) is 3.98. The molecule has 24 heavy (non-hydrogen) atoms. The quantitative estimate of drug-likeness (QED) is 0.429. The Bertz CT molecular complexity index is 495. The molecule has 137 valence electrons. The fraction of sp³-hybridized carbons (Fsp3) is 0.857. The predicted octanol–water partition coefficient (Wildman–Crippen LogP) is 2.62. The summed E-state index contributed by atoms with van der Waals surface area (Å²) < 4.78 is 156. The SMILES string of the molecule is O=C(O)C(F)(N1C(F)(F)C(F)(F)OC(F)(F)C1(F)F)C(F)(F)F.[K]. The van der Waals surface area contributed by atoms with E-state index in [0.717, 1.165) is 0 Å². The molecule has 1 rings (SSSR count). The minimum atomic E-state index is -7.24. The molecule has 0 amide bonds. The summed E-state index contributed by atoms with van der Waals surface area (Å²) in [6.07, 6.45) is -20.8. The smallest absolute Gasteiger partial charge is 0.448 e. The van der Waals surface area contributed by atoms with Gasteiger partial charge in [0.1, 0.15) is 0 Å². The van der Waals surface area contributed by atoms with Gasteiger partial charge in [0.25, 0.3) is 0 Å². The third kappa shape index (κ3) is 3.05. The zero-order valence-corrected chi connectivity index (χ0v) is 13.9. The first-order chi connectivity index (χ1) is 9.77. The van der Waals surface area contributed by atoms with Gasteiger partial charge in [-0.3, -0.25) is 0 Å². The molecule has 0 spiro atoms. The molecule has 0 aliphatic carbocycles. The van der Waals surface area contributed by atoms with Crippen LogP contribution in [0.1, 0.15) is 0 Å². The molecule has 1 aliphatic rings. The third-order valence-electron chi connectivity index (χ3n) is 2.49. The van der Waals surface area contributed by atoms with Crippen LogP contribution in [0.15, 0.2) is 0 Å². The van der Waals surface area contributed by atoms with Crippen LogP contribution in [-0.2, 0) is 9.53 Å². The number of carbonyl (C=O) groups is 1. The number of rotatable bonds is 2. The van der Waals surface area contributed by atoms with E-state index in [-0.39, 0.29) is 51.4 Å². The molecular weight excluding hydrogens is 413 g/mol. The van der Waals surface area contributed by atoms with Crippen LogP contribution in [0.3, 0.4) is 0 Å². The van der Waals surface area contributed by atoms with E-state index in [1.807, 2.05) is 0 Å². The Morgan fingerprint density at radius 1 is 0.833 bits per heavy atom. The van der Waals surface area contributed by atoms with Gasteiger partial charge in [-0.1, -0.05) is 0 Å². The molecule has 1 unspecified atom stereocenters. The minimum Gasteiger partial charge on any atom is -0.478 e. The van der Waals surface area contributed by atoms with Crippen LogP contribution in [0.2, 0.25) is 0 Å². The molecule has 17 heteroatoms. The van der Waals surface area contributed by atoms with Crippen molar-refractivity contribution in [1.82, 2.24) is 4.90 Å². The van der Waals surface area contributed by atoms with E-state index in [1.165, 1.54) is 0 Å². The summed E-state index contributed by atoms with van der Waals surface area (Å²) in [6, 6.07) is -14.2. The van der Waals surface area contributed by atoms with Gasteiger partial charge in [0.15, 0.2) is 0 Å². The number of nitrogens with zero attached hydrogens (tertiary/aromatic N) is 1. The monoisotopic (exact) mass is 414 g/mol. The van der Waals surface area contributed by atoms with Gasteiger partial charge in [0, 0.05) is 51.4 Å². The summed E-state index contributed by atoms with van der Waals surface area (Å²) in [4.78, 5) is 6.47. The first-order valence-electron chi connectivity index (χ1n) is 4.77. The minimum absolute atomic E-state index is 0. The second-order valence-electron chi connectivity index (χ2n) is 3.98. The maximum absolute atomic E-state index is 13.5. The van der Waals surface area contributed by atoms with Gasteiger partial charge in [-0.25, -0.2) is 13.9 Å². The van der Waals surface area contributed by atoms with Crippen molar-refractivity contribution in [2.45, 2.75) is 36.3 Å². The van der Waals surface area contributed by atoms with E-state index in [0.29, 0.717) is 0 Å². The van der Waals surface area contributed by atoms with Crippen LogP contribution in [-0.4, -0.2) is 104 Å². The largest absolute Gasteiger partial charge is 0.478 e. The molecule has 1 aliphatic heterocycles. The molecule has 1 N–H and O–H groups in total. The van der Waals surface area contributed by atoms with Crippen LogP contribution in [0.4, 0.5) is 52.7 Å². The standard InChI is InChI=1S/C7HF12NO3.K/c8-2(1(21)22,3(9,10)11)20-4(12,13)6(16,17)23-7(18,19)5(20,14)15;/h(H,21,22);. The number of alkyl halides is 12. The van der Waals surface area contributed by atoms with Gasteiger partial charge in [-0.2, -0.15) is 48.3 Å². The van der Waals surface area contributed by atoms with Crippen molar-refractivity contribution in [3.63, 3.8) is 0 Å². The fourth-order valence-electron chi connectivity index (χ4n) is 1.45. The average Bonchev–Trinajstić information content (AvgIpc) is 2.22. The maximum atomic E-state index is 13.5. The van der Waals surface area contributed by atoms with E-state index in [1.54, 1.807) is 4.74 Å². The van der Waals surface area contributed by atoms with E-state index in [9.17, 15) is 57.5 Å². The Morgan fingerprint density at radius 2 is 1.12 bits per heavy atom. The number of halogens is 12. The summed E-state index contributed by atoms with van der Waals surface area (Å²) in [7, 11) is 0. The molecule has 1 radical (unpaired) electrons. The first kappa shape index (κ1) is 24.2. The van der Waals surface area contributed by atoms with Crippen molar-refractivity contribution in [1.29, 1.82) is 0 Å². The zero-order valence-electron chi connectivity index (χ0n) is 10.7. The Balaban J connectivity index is 0.00000529. The number of carboxylic acids is 1. The number of morpholine rings is 1. The van der Waals surface area contributed by atoms with Crippen molar-refractivity contribution in [2.24, 2.45) is 0 Å². The Hall–Kier alpha value is 0.186. The number of carboxylic acid groups (broad SMARTS) is 1. The number of ether oxygens (including phenoxy) is 1. The summed E-state index contributed by atoms with van der Waals surface area (Å²) in [6.45, 7) is 0. The average molecular weight is 414 g/mol. The molecule has 4 nitrogen and oxygen atoms in total. The van der Waals surface area contributed by atoms with Crippen LogP contribution >= 0.6 is 0 Å². The number of aliphatic carboxylic acids is 1. The van der Waals surface area contributed by atoms with Gasteiger partial charge in [0.2, 0.25) is 0 Å². The fourth-order valence-corrected chi connectivity index (χ4v) is 1.45. The van der Waals surface area contributed by atoms with Crippen LogP contribution < -0.4 is 0 Å². The number of hydrogen-bond donors (Lipinski definition) is 1. The molecule has 0 aromatic heterocycles. The van der Waals surface area contributed by atoms with E-state index in [2.05, 4.69) is 0 Å². The summed E-state index contributed by atoms with van der Waals surface area (Å²) in [5.41, 5.74) is 0. The van der Waals surface area contributed by atoms with Crippen molar-refractivity contribution < 1.29 is 67.3 Å². The van der Waals surface area contributed by atoms with Crippen LogP contribution in [0.5, 0.6) is 0 Å². The van der Waals surface area contributed by atoms with Crippen molar-refractivity contribution in [3.05, 3.63) is 0 Å². The summed E-state index contributed by atoms with van der Waals surface area (Å²) in [5, 5.41) is 7.99. The molecule has 0 saturated carbocycles. The maximum Gasteiger partial charge on any atom is 0.448 e. The topological polar surface area (TPSA) is 49.8 Å². The van der Waals surface area contributed by atoms with Gasteiger partial charge < -0.3 is 5.11 Å². The zero-order chi connectivity index (χ0) is 18.9. The van der Waals surface area contributed by atoms with Gasteiger partial charge >= 0.3 is 42.2 Å². The molecule has 1 atom stereocenters. The van der Waals surface area contributed by atoms with Crippen molar-refractivity contribution in [2.75, 3.05) is 0 Å². The molecule has 1 fully saturated rings. The molecular formula is C7HF12KNO3. The predicted molar refractivity (Wildman–Crippen MR) is 46.0 cm³/mol. The van der Waals surface area contributed by atoms with E-state index >= 15 is 0 Å². The van der Waals surface area contributed by atoms with Gasteiger partial charge in [0.05, 0.1) is 0 Å². The molecule has 0 aromatic rings. The Labute approximate surface area is 165 Å². The van der Waals surface area contributed by atoms with E-state index in [4.69, 9.17) is 5.11 Å². The first-order valence-corrected chi connectivity index (χ1v) is 4.77. The molecule has 1 heterocycles. The van der Waals surface area contributed by atoms with Crippen LogP contribution in [0, 0.1) is 0 Å². The second kappa shape index (κ2) is 6.12. The Morgan fingerprint density at radius 3 is 1.33 bits per heavy atom.